The minimum absolute atomic E-state index is 0.0730. The highest BCUT2D eigenvalue weighted by Gasteiger charge is 2.70. The number of anilines is 2. The Morgan fingerprint density at radius 3 is 2.29 bits per heavy atom. The highest BCUT2D eigenvalue weighted by atomic mass is 127. The molecule has 13 heteroatoms. The predicted molar refractivity (Wildman–Crippen MR) is 217 cm³/mol. The average molecular weight is 891 g/mol. The summed E-state index contributed by atoms with van der Waals surface area (Å²) in [5, 5.41) is 12.6. The predicted octanol–water partition coefficient (Wildman–Crippen LogP) is 8.15. The number of carbonyl (C=O) groups is 4. The van der Waals surface area contributed by atoms with Crippen LogP contribution in [-0.4, -0.2) is 48.0 Å². The standard InChI is InChI=1S/C42H34Cl2IN3O7/c1-4-21-5-10-25(11-6-21)47-38(50)28-15-14-27-29(35(28)40(47)52)20-30-39(51)48(46-33-16-9-24(43)19-31(33)44)41(53)42(30,23-7-12-26(54-2)13-8-23)36(27)22-17-32(45)37(49)34(18-22)55-3/h4-14,16-19,28-30,35-36,46,49H,1,15,20H2,2-3H3/t28-,29+,30-,35-,36-,42+/m0/s1. The number of aromatic hydroxyl groups is 1. The molecule has 1 saturated carbocycles. The first kappa shape index (κ1) is 37.1. The van der Waals surface area contributed by atoms with Gasteiger partial charge < -0.3 is 14.6 Å². The molecule has 4 aliphatic rings. The van der Waals surface area contributed by atoms with Crippen molar-refractivity contribution in [2.45, 2.75) is 24.2 Å². The van der Waals surface area contributed by atoms with Crippen LogP contribution in [-0.2, 0) is 24.6 Å². The number of hydrazine groups is 1. The molecule has 2 N–H and O–H groups in total. The number of nitrogens with zero attached hydrogens (tertiary/aromatic N) is 2. The second-order valence-corrected chi connectivity index (χ2v) is 16.1. The van der Waals surface area contributed by atoms with Crippen LogP contribution in [0.5, 0.6) is 17.2 Å². The highest BCUT2D eigenvalue weighted by Crippen LogP contribution is 2.64. The lowest BCUT2D eigenvalue weighted by Gasteiger charge is -2.50. The van der Waals surface area contributed by atoms with Crippen molar-refractivity contribution in [3.63, 3.8) is 0 Å². The number of hydrogen-bond donors (Lipinski definition) is 2. The summed E-state index contributed by atoms with van der Waals surface area (Å²) in [7, 11) is 2.98. The van der Waals surface area contributed by atoms with Gasteiger partial charge in [-0.15, -0.1) is 0 Å². The number of methoxy groups -OCH3 is 2. The first-order chi connectivity index (χ1) is 26.4. The molecule has 3 fully saturated rings. The number of benzene rings is 4. The fourth-order valence-electron chi connectivity index (χ4n) is 9.15. The molecule has 0 bridgehead atoms. The Morgan fingerprint density at radius 1 is 0.909 bits per heavy atom. The van der Waals surface area contributed by atoms with E-state index >= 15 is 9.59 Å². The average Bonchev–Trinajstić information content (AvgIpc) is 3.57. The Kier molecular flexibility index (Phi) is 9.46. The van der Waals surface area contributed by atoms with Crippen LogP contribution in [0.3, 0.4) is 0 Å². The fraction of sp³-hybridized carbons (Fsp3) is 0.238. The van der Waals surface area contributed by atoms with Crippen LogP contribution in [0.4, 0.5) is 11.4 Å². The summed E-state index contributed by atoms with van der Waals surface area (Å²) in [4.78, 5) is 60.5. The number of phenolic OH excluding ortho intramolecular Hbond substituents is 1. The summed E-state index contributed by atoms with van der Waals surface area (Å²) in [6.45, 7) is 3.80. The molecule has 55 heavy (non-hydrogen) atoms. The summed E-state index contributed by atoms with van der Waals surface area (Å²) >= 11 is 14.8. The van der Waals surface area contributed by atoms with E-state index in [2.05, 4.69) is 12.0 Å². The van der Waals surface area contributed by atoms with E-state index in [1.165, 1.54) is 18.1 Å². The Bertz CT molecular complexity index is 2330. The van der Waals surface area contributed by atoms with Gasteiger partial charge in [-0.3, -0.25) is 29.5 Å². The summed E-state index contributed by atoms with van der Waals surface area (Å²) in [6.07, 6.45) is 4.01. The van der Waals surface area contributed by atoms with Crippen molar-refractivity contribution in [1.82, 2.24) is 5.01 Å². The molecular weight excluding hydrogens is 856 g/mol. The normalized spacial score (nSPS) is 25.6. The first-order valence-corrected chi connectivity index (χ1v) is 19.4. The zero-order chi connectivity index (χ0) is 38.9. The molecule has 2 heterocycles. The molecule has 6 atom stereocenters. The molecule has 4 amide bonds. The lowest BCUT2D eigenvalue weighted by Crippen LogP contribution is -2.53. The molecule has 0 radical (unpaired) electrons. The van der Waals surface area contributed by atoms with E-state index in [4.69, 9.17) is 32.7 Å². The molecular formula is C42H34Cl2IN3O7. The lowest BCUT2D eigenvalue weighted by atomic mass is 9.49. The van der Waals surface area contributed by atoms with Gasteiger partial charge >= 0.3 is 0 Å². The van der Waals surface area contributed by atoms with Gasteiger partial charge in [0.2, 0.25) is 11.8 Å². The number of phenols is 1. The summed E-state index contributed by atoms with van der Waals surface area (Å²) in [5.74, 6) is -4.98. The van der Waals surface area contributed by atoms with Crippen LogP contribution >= 0.6 is 45.8 Å². The molecule has 0 unspecified atom stereocenters. The van der Waals surface area contributed by atoms with Gasteiger partial charge in [0.05, 0.1) is 57.4 Å². The topological polar surface area (TPSA) is 125 Å². The van der Waals surface area contributed by atoms with Crippen molar-refractivity contribution in [2.75, 3.05) is 24.5 Å². The van der Waals surface area contributed by atoms with Crippen molar-refractivity contribution in [3.05, 3.63) is 127 Å². The molecule has 0 aromatic heterocycles. The van der Waals surface area contributed by atoms with Gasteiger partial charge in [0, 0.05) is 10.9 Å². The summed E-state index contributed by atoms with van der Waals surface area (Å²) in [6, 6.07) is 22.3. The van der Waals surface area contributed by atoms with E-state index in [0.717, 1.165) is 16.1 Å². The van der Waals surface area contributed by atoms with E-state index < -0.39 is 46.8 Å². The molecule has 280 valence electrons. The van der Waals surface area contributed by atoms with Crippen molar-refractivity contribution in [1.29, 1.82) is 0 Å². The van der Waals surface area contributed by atoms with Gasteiger partial charge in [0.1, 0.15) is 5.75 Å². The lowest BCUT2D eigenvalue weighted by molar-refractivity contribution is -0.138. The van der Waals surface area contributed by atoms with E-state index in [1.54, 1.807) is 86.0 Å². The zero-order valence-electron chi connectivity index (χ0n) is 29.6. The van der Waals surface area contributed by atoms with Crippen LogP contribution < -0.4 is 19.8 Å². The minimum atomic E-state index is -1.57. The molecule has 2 saturated heterocycles. The SMILES string of the molecule is C=Cc1ccc(N2C(=O)[C@H]3[C@H](CC=C4[C@H]3C[C@H]3C(=O)N(Nc5ccc(Cl)cc5Cl)C(=O)[C@@]3(c3ccc(OC)cc3)[C@H]4c3cc(I)c(O)c(OC)c3)C2=O)cc1. The largest absolute Gasteiger partial charge is 0.504 e. The number of carbonyl (C=O) groups excluding carboxylic acids is 4. The Hall–Kier alpha value is -4.85. The van der Waals surface area contributed by atoms with Crippen LogP contribution in [0.15, 0.2) is 97.1 Å². The molecule has 8 rings (SSSR count). The maximum absolute atomic E-state index is 15.5. The molecule has 10 nitrogen and oxygen atoms in total. The number of hydrogen-bond acceptors (Lipinski definition) is 8. The van der Waals surface area contributed by atoms with Crippen LogP contribution in [0.2, 0.25) is 10.0 Å². The number of amides is 4. The van der Waals surface area contributed by atoms with Gasteiger partial charge in [0.25, 0.3) is 11.8 Å². The van der Waals surface area contributed by atoms with Crippen molar-refractivity contribution >= 4 is 86.9 Å². The van der Waals surface area contributed by atoms with Crippen LogP contribution in [0.1, 0.15) is 35.4 Å². The Balaban J connectivity index is 1.34. The second kappa shape index (κ2) is 14.0. The Labute approximate surface area is 340 Å². The number of fused-ring (bicyclic) bond motifs is 4. The van der Waals surface area contributed by atoms with E-state index in [0.29, 0.717) is 36.8 Å². The Morgan fingerprint density at radius 2 is 1.64 bits per heavy atom. The molecule has 0 spiro atoms. The maximum atomic E-state index is 15.5. The van der Waals surface area contributed by atoms with Gasteiger partial charge in [-0.2, -0.15) is 5.01 Å². The quantitative estimate of drug-likeness (QED) is 0.103. The maximum Gasteiger partial charge on any atom is 0.260 e. The van der Waals surface area contributed by atoms with Gasteiger partial charge in [0.15, 0.2) is 11.5 Å². The molecule has 2 aliphatic carbocycles. The van der Waals surface area contributed by atoms with Gasteiger partial charge in [-0.1, -0.05) is 71.8 Å². The molecule has 2 aliphatic heterocycles. The monoisotopic (exact) mass is 889 g/mol. The highest BCUT2D eigenvalue weighted by molar-refractivity contribution is 14.1. The smallest absolute Gasteiger partial charge is 0.260 e. The molecule has 4 aromatic rings. The van der Waals surface area contributed by atoms with E-state index in [1.807, 2.05) is 28.7 Å². The third kappa shape index (κ3) is 5.64. The third-order valence-corrected chi connectivity index (χ3v) is 12.9. The van der Waals surface area contributed by atoms with Gasteiger partial charge in [-0.05, 0) is 113 Å². The third-order valence-electron chi connectivity index (χ3n) is 11.6. The van der Waals surface area contributed by atoms with E-state index in [9.17, 15) is 14.7 Å². The number of halogens is 3. The summed E-state index contributed by atoms with van der Waals surface area (Å²) in [5.41, 5.74) is 4.93. The number of ether oxygens (including phenoxy) is 2. The summed E-state index contributed by atoms with van der Waals surface area (Å²) < 4.78 is 11.6. The van der Waals surface area contributed by atoms with Crippen LogP contribution in [0, 0.1) is 27.2 Å². The van der Waals surface area contributed by atoms with Crippen molar-refractivity contribution in [3.8, 4) is 17.2 Å². The van der Waals surface area contributed by atoms with Crippen molar-refractivity contribution in [2.24, 2.45) is 23.7 Å². The zero-order valence-corrected chi connectivity index (χ0v) is 33.3. The first-order valence-electron chi connectivity index (χ1n) is 17.6. The number of allylic oxidation sites excluding steroid dienone is 2. The molecule has 4 aromatic carbocycles. The van der Waals surface area contributed by atoms with Crippen molar-refractivity contribution < 1.29 is 33.8 Å². The minimum Gasteiger partial charge on any atom is -0.504 e. The number of imide groups is 2. The van der Waals surface area contributed by atoms with Crippen LogP contribution in [0.25, 0.3) is 6.08 Å². The number of nitrogens with one attached hydrogen (secondary N) is 1. The fourth-order valence-corrected chi connectivity index (χ4v) is 10.2. The second-order valence-electron chi connectivity index (χ2n) is 14.1. The van der Waals surface area contributed by atoms with Gasteiger partial charge in [-0.25, -0.2) is 0 Å². The van der Waals surface area contributed by atoms with E-state index in [-0.39, 0.29) is 41.2 Å². The number of rotatable bonds is 8.